The number of carboxylic acid groups (broad SMARTS) is 1. The number of halogens is 1. The van der Waals surface area contributed by atoms with Gasteiger partial charge in [0.15, 0.2) is 11.5 Å². The molecule has 0 amide bonds. The summed E-state index contributed by atoms with van der Waals surface area (Å²) in [5.74, 6) is -0.541. The number of hydrogen-bond donors (Lipinski definition) is 1. The third kappa shape index (κ3) is 3.90. The predicted molar refractivity (Wildman–Crippen MR) is 75.0 cm³/mol. The van der Waals surface area contributed by atoms with Crippen LogP contribution in [0.2, 0.25) is 5.02 Å². The monoisotopic (exact) mass is 295 g/mol. The number of hydrogen-bond acceptors (Lipinski definition) is 4. The zero-order chi connectivity index (χ0) is 15.3. The van der Waals surface area contributed by atoms with E-state index in [1.165, 1.54) is 19.3 Å². The summed E-state index contributed by atoms with van der Waals surface area (Å²) in [7, 11) is 1.45. The van der Waals surface area contributed by atoms with Crippen molar-refractivity contribution in [2.24, 2.45) is 0 Å². The standard InChI is InChI=1S/C14H14ClNO4/c1-8(2)20-13-11(15)5-9(6-12(13)19-3)4-10(7-16)14(17)18/h4-6,8H,1-3H3,(H,17,18). The zero-order valence-electron chi connectivity index (χ0n) is 11.3. The molecule has 0 saturated heterocycles. The molecular weight excluding hydrogens is 282 g/mol. The Kier molecular flexibility index (Phi) is 5.42. The zero-order valence-corrected chi connectivity index (χ0v) is 12.1. The largest absolute Gasteiger partial charge is 0.493 e. The lowest BCUT2D eigenvalue weighted by Crippen LogP contribution is -2.07. The Balaban J connectivity index is 3.30. The van der Waals surface area contributed by atoms with Crippen LogP contribution in [0.15, 0.2) is 17.7 Å². The molecule has 1 aromatic carbocycles. The molecule has 0 spiro atoms. The fourth-order valence-corrected chi connectivity index (χ4v) is 1.75. The SMILES string of the molecule is COc1cc(C=C(C#N)C(=O)O)cc(Cl)c1OC(C)C. The minimum absolute atomic E-state index is 0.0866. The van der Waals surface area contributed by atoms with Crippen LogP contribution in [0.3, 0.4) is 0 Å². The van der Waals surface area contributed by atoms with Gasteiger partial charge in [-0.05, 0) is 37.6 Å². The molecule has 0 saturated carbocycles. The van der Waals surface area contributed by atoms with E-state index in [9.17, 15) is 4.79 Å². The Morgan fingerprint density at radius 3 is 2.60 bits per heavy atom. The van der Waals surface area contributed by atoms with E-state index in [0.29, 0.717) is 17.1 Å². The highest BCUT2D eigenvalue weighted by Gasteiger charge is 2.14. The average Bonchev–Trinajstić information content (AvgIpc) is 2.37. The van der Waals surface area contributed by atoms with E-state index in [2.05, 4.69) is 0 Å². The van der Waals surface area contributed by atoms with Crippen molar-refractivity contribution in [3.05, 3.63) is 28.3 Å². The number of methoxy groups -OCH3 is 1. The molecule has 0 atom stereocenters. The maximum Gasteiger partial charge on any atom is 0.346 e. The number of benzene rings is 1. The first-order valence-electron chi connectivity index (χ1n) is 5.78. The molecule has 0 aliphatic rings. The Morgan fingerprint density at radius 1 is 1.50 bits per heavy atom. The number of carbonyl (C=O) groups is 1. The van der Waals surface area contributed by atoms with Crippen LogP contribution < -0.4 is 9.47 Å². The molecule has 0 aromatic heterocycles. The first-order valence-corrected chi connectivity index (χ1v) is 6.16. The minimum atomic E-state index is -1.30. The highest BCUT2D eigenvalue weighted by atomic mass is 35.5. The van der Waals surface area contributed by atoms with Gasteiger partial charge in [0.1, 0.15) is 11.6 Å². The molecule has 0 aliphatic carbocycles. The lowest BCUT2D eigenvalue weighted by molar-refractivity contribution is -0.132. The van der Waals surface area contributed by atoms with Crippen molar-refractivity contribution < 1.29 is 19.4 Å². The fraction of sp³-hybridized carbons (Fsp3) is 0.286. The summed E-state index contributed by atoms with van der Waals surface area (Å²) < 4.78 is 10.7. The minimum Gasteiger partial charge on any atom is -0.493 e. The molecule has 0 unspecified atom stereocenters. The number of carboxylic acids is 1. The van der Waals surface area contributed by atoms with E-state index in [1.807, 2.05) is 13.8 Å². The van der Waals surface area contributed by atoms with Gasteiger partial charge in [-0.15, -0.1) is 0 Å². The third-order valence-electron chi connectivity index (χ3n) is 2.27. The van der Waals surface area contributed by atoms with Crippen LogP contribution in [-0.2, 0) is 4.79 Å². The summed E-state index contributed by atoms with van der Waals surface area (Å²) in [4.78, 5) is 10.8. The number of rotatable bonds is 5. The van der Waals surface area contributed by atoms with Crippen molar-refractivity contribution >= 4 is 23.6 Å². The van der Waals surface area contributed by atoms with Crippen LogP contribution in [0.5, 0.6) is 11.5 Å². The van der Waals surface area contributed by atoms with Crippen molar-refractivity contribution in [1.82, 2.24) is 0 Å². The van der Waals surface area contributed by atoms with Crippen LogP contribution >= 0.6 is 11.6 Å². The summed E-state index contributed by atoms with van der Waals surface area (Å²) in [6.07, 6.45) is 1.13. The number of nitrogens with zero attached hydrogens (tertiary/aromatic N) is 1. The van der Waals surface area contributed by atoms with Crippen LogP contribution in [-0.4, -0.2) is 24.3 Å². The van der Waals surface area contributed by atoms with Gasteiger partial charge in [-0.2, -0.15) is 5.26 Å². The molecule has 0 heterocycles. The Labute approximate surface area is 122 Å². The van der Waals surface area contributed by atoms with Gasteiger partial charge in [0.05, 0.1) is 18.2 Å². The van der Waals surface area contributed by atoms with Crippen molar-refractivity contribution in [2.45, 2.75) is 20.0 Å². The quantitative estimate of drug-likeness (QED) is 0.667. The van der Waals surface area contributed by atoms with Gasteiger partial charge in [-0.1, -0.05) is 11.6 Å². The van der Waals surface area contributed by atoms with Crippen LogP contribution in [0.1, 0.15) is 19.4 Å². The normalized spacial score (nSPS) is 11.1. The fourth-order valence-electron chi connectivity index (χ4n) is 1.48. The molecular formula is C14H14ClNO4. The van der Waals surface area contributed by atoms with Crippen molar-refractivity contribution in [3.8, 4) is 17.6 Å². The molecule has 6 heteroatoms. The van der Waals surface area contributed by atoms with E-state index in [4.69, 9.17) is 31.4 Å². The lowest BCUT2D eigenvalue weighted by Gasteiger charge is -2.15. The highest BCUT2D eigenvalue weighted by molar-refractivity contribution is 6.32. The molecule has 1 rings (SSSR count). The number of ether oxygens (including phenoxy) is 2. The Hall–Kier alpha value is -2.19. The Bertz CT molecular complexity index is 588. The van der Waals surface area contributed by atoms with Crippen LogP contribution in [0.25, 0.3) is 6.08 Å². The summed E-state index contributed by atoms with van der Waals surface area (Å²) >= 11 is 6.10. The van der Waals surface area contributed by atoms with E-state index in [1.54, 1.807) is 12.1 Å². The second kappa shape index (κ2) is 6.83. The second-order valence-electron chi connectivity index (χ2n) is 4.18. The van der Waals surface area contributed by atoms with Gasteiger partial charge in [0.2, 0.25) is 0 Å². The van der Waals surface area contributed by atoms with Gasteiger partial charge in [0.25, 0.3) is 0 Å². The molecule has 0 radical (unpaired) electrons. The molecule has 20 heavy (non-hydrogen) atoms. The summed E-state index contributed by atoms with van der Waals surface area (Å²) in [5, 5.41) is 17.8. The van der Waals surface area contributed by atoms with Crippen molar-refractivity contribution in [2.75, 3.05) is 7.11 Å². The number of aliphatic carboxylic acids is 1. The van der Waals surface area contributed by atoms with Gasteiger partial charge in [-0.25, -0.2) is 4.79 Å². The lowest BCUT2D eigenvalue weighted by atomic mass is 10.1. The van der Waals surface area contributed by atoms with Gasteiger partial charge in [-0.3, -0.25) is 0 Å². The maximum absolute atomic E-state index is 10.8. The highest BCUT2D eigenvalue weighted by Crippen LogP contribution is 2.37. The first kappa shape index (κ1) is 15.9. The van der Waals surface area contributed by atoms with E-state index < -0.39 is 5.97 Å². The van der Waals surface area contributed by atoms with Crippen molar-refractivity contribution in [1.29, 1.82) is 5.26 Å². The van der Waals surface area contributed by atoms with E-state index in [0.717, 1.165) is 0 Å². The van der Waals surface area contributed by atoms with Gasteiger partial charge >= 0.3 is 5.97 Å². The molecule has 1 N–H and O–H groups in total. The smallest absolute Gasteiger partial charge is 0.346 e. The summed E-state index contributed by atoms with van der Waals surface area (Å²) in [5.41, 5.74) is 0.0579. The van der Waals surface area contributed by atoms with Gasteiger partial charge < -0.3 is 14.6 Å². The Morgan fingerprint density at radius 2 is 2.15 bits per heavy atom. The molecule has 0 aliphatic heterocycles. The number of nitriles is 1. The maximum atomic E-state index is 10.8. The predicted octanol–water partition coefficient (Wildman–Crippen LogP) is 3.13. The van der Waals surface area contributed by atoms with Crippen LogP contribution in [0, 0.1) is 11.3 Å². The second-order valence-corrected chi connectivity index (χ2v) is 4.58. The summed E-state index contributed by atoms with van der Waals surface area (Å²) in [6.45, 7) is 3.70. The molecule has 106 valence electrons. The topological polar surface area (TPSA) is 79.5 Å². The molecule has 0 bridgehead atoms. The van der Waals surface area contributed by atoms with Crippen molar-refractivity contribution in [3.63, 3.8) is 0 Å². The van der Waals surface area contributed by atoms with Gasteiger partial charge in [0, 0.05) is 0 Å². The third-order valence-corrected chi connectivity index (χ3v) is 2.55. The van der Waals surface area contributed by atoms with Crippen LogP contribution in [0.4, 0.5) is 0 Å². The molecule has 1 aromatic rings. The summed E-state index contributed by atoms with van der Waals surface area (Å²) in [6, 6.07) is 4.68. The molecule has 5 nitrogen and oxygen atoms in total. The first-order chi connectivity index (χ1) is 9.38. The van der Waals surface area contributed by atoms with E-state index in [-0.39, 0.29) is 16.7 Å². The van der Waals surface area contributed by atoms with E-state index >= 15 is 0 Å². The average molecular weight is 296 g/mol. The molecule has 0 fully saturated rings.